The molecule has 4 aliphatic rings. The Labute approximate surface area is 319 Å². The minimum Gasteiger partial charge on any atom is -0.465 e. The molecule has 2 aliphatic heterocycles. The highest BCUT2D eigenvalue weighted by Crippen LogP contribution is 2.54. The van der Waals surface area contributed by atoms with Crippen LogP contribution in [0.2, 0.25) is 0 Å². The highest BCUT2D eigenvalue weighted by molar-refractivity contribution is 5.88. The summed E-state index contributed by atoms with van der Waals surface area (Å²) in [5.74, 6) is 1.78. The molecular formula is C41H48N8O6. The summed E-state index contributed by atoms with van der Waals surface area (Å²) in [6.07, 6.45) is 7.20. The number of hydrogen-bond donors (Lipinski definition) is 4. The lowest BCUT2D eigenvalue weighted by Crippen LogP contribution is -2.52. The number of H-pyrrole nitrogens is 1. The van der Waals surface area contributed by atoms with E-state index in [2.05, 4.69) is 52.0 Å². The standard InChI is InChI=1S/C41H48N8O6/c1-21(2)34(45-40(52)53)38(50)49-31-17-27(31)19-33(49)37-42-14-15-47(37)28-12-10-24(11-13-28)23-6-8-25(9-7-23)29-20-43-36(44-29)32-18-26-16-30(26)48(32)39(51)35(22(3)4)46-41(54)55-5/h6-15,20-22,26-27,30-35,45H,16-19H2,1-5H3,(H,43,44)(H,46,54)(H,52,53)/t26-,27-,30-,31-,32-,33-,34+,35+/m1/s1. The molecule has 0 spiro atoms. The van der Waals surface area contributed by atoms with E-state index in [9.17, 15) is 24.3 Å². The molecule has 288 valence electrons. The van der Waals surface area contributed by atoms with Crippen LogP contribution in [-0.4, -0.2) is 89.7 Å². The fourth-order valence-electron chi connectivity index (χ4n) is 8.78. The second-order valence-corrected chi connectivity index (χ2v) is 16.1. The molecule has 0 bridgehead atoms. The summed E-state index contributed by atoms with van der Waals surface area (Å²) in [5.41, 5.74) is 4.85. The third kappa shape index (κ3) is 6.82. The number of alkyl carbamates (subject to hydrolysis) is 1. The highest BCUT2D eigenvalue weighted by atomic mass is 16.5. The van der Waals surface area contributed by atoms with Crippen LogP contribution in [0.1, 0.15) is 77.1 Å². The van der Waals surface area contributed by atoms with Crippen molar-refractivity contribution in [2.24, 2.45) is 23.7 Å². The Morgan fingerprint density at radius 1 is 0.764 bits per heavy atom. The second-order valence-electron chi connectivity index (χ2n) is 16.1. The Morgan fingerprint density at radius 3 is 1.89 bits per heavy atom. The number of fused-ring (bicyclic) bond motifs is 2. The zero-order chi connectivity index (χ0) is 38.7. The number of piperidine rings is 2. The molecule has 8 atom stereocenters. The molecule has 4 fully saturated rings. The molecule has 2 aliphatic carbocycles. The molecule has 0 unspecified atom stereocenters. The van der Waals surface area contributed by atoms with Crippen LogP contribution in [0.5, 0.6) is 0 Å². The van der Waals surface area contributed by atoms with Gasteiger partial charge >= 0.3 is 12.2 Å². The molecule has 4 N–H and O–H groups in total. The maximum atomic E-state index is 13.8. The first-order chi connectivity index (χ1) is 26.4. The molecule has 55 heavy (non-hydrogen) atoms. The number of amides is 4. The monoisotopic (exact) mass is 748 g/mol. The third-order valence-corrected chi connectivity index (χ3v) is 11.9. The number of imidazole rings is 2. The number of nitrogens with one attached hydrogen (secondary N) is 3. The largest absolute Gasteiger partial charge is 0.465 e. The van der Waals surface area contributed by atoms with Crippen LogP contribution in [0.25, 0.3) is 28.1 Å². The predicted molar refractivity (Wildman–Crippen MR) is 203 cm³/mol. The molecule has 2 aromatic heterocycles. The summed E-state index contributed by atoms with van der Waals surface area (Å²) in [4.78, 5) is 67.8. The average Bonchev–Trinajstić information content (AvgIpc) is 3.76. The lowest BCUT2D eigenvalue weighted by Gasteiger charge is -2.32. The number of likely N-dealkylation sites (tertiary alicyclic amines) is 2. The topological polar surface area (TPSA) is 175 Å². The van der Waals surface area contributed by atoms with Crippen molar-refractivity contribution >= 4 is 24.0 Å². The molecule has 4 amide bonds. The van der Waals surface area contributed by atoms with Gasteiger partial charge in [0.25, 0.3) is 0 Å². The van der Waals surface area contributed by atoms with Gasteiger partial charge in [-0.05, 0) is 78.2 Å². The first-order valence-electron chi connectivity index (χ1n) is 19.2. The van der Waals surface area contributed by atoms with Crippen LogP contribution < -0.4 is 10.6 Å². The Balaban J connectivity index is 0.960. The normalized spacial score (nSPS) is 24.6. The minimum absolute atomic E-state index is 0.102. The number of carbonyl (C=O) groups is 4. The predicted octanol–water partition coefficient (Wildman–Crippen LogP) is 5.93. The van der Waals surface area contributed by atoms with E-state index in [-0.39, 0.29) is 47.8 Å². The number of carbonyl (C=O) groups excluding carboxylic acids is 3. The van der Waals surface area contributed by atoms with Crippen LogP contribution in [0.4, 0.5) is 9.59 Å². The van der Waals surface area contributed by atoms with Crippen LogP contribution in [-0.2, 0) is 14.3 Å². The van der Waals surface area contributed by atoms with Crippen molar-refractivity contribution in [2.75, 3.05) is 7.11 Å². The van der Waals surface area contributed by atoms with Crippen molar-refractivity contribution in [1.82, 2.24) is 40.0 Å². The average molecular weight is 749 g/mol. The van der Waals surface area contributed by atoms with Gasteiger partial charge in [0.1, 0.15) is 23.7 Å². The van der Waals surface area contributed by atoms with E-state index in [4.69, 9.17) is 14.7 Å². The lowest BCUT2D eigenvalue weighted by atomic mass is 10.0. The number of benzene rings is 2. The van der Waals surface area contributed by atoms with E-state index in [0.717, 1.165) is 65.4 Å². The zero-order valence-electron chi connectivity index (χ0n) is 31.7. The molecule has 14 nitrogen and oxygen atoms in total. The fraction of sp³-hybridized carbons (Fsp3) is 0.463. The molecule has 14 heteroatoms. The molecule has 2 aromatic carbocycles. The first-order valence-corrected chi connectivity index (χ1v) is 19.2. The van der Waals surface area contributed by atoms with Crippen molar-refractivity contribution in [2.45, 2.75) is 89.6 Å². The van der Waals surface area contributed by atoms with Crippen molar-refractivity contribution in [3.8, 4) is 28.1 Å². The molecular weight excluding hydrogens is 701 g/mol. The third-order valence-electron chi connectivity index (χ3n) is 11.9. The van der Waals surface area contributed by atoms with Crippen molar-refractivity contribution < 1.29 is 29.0 Å². The maximum absolute atomic E-state index is 13.8. The number of aromatic nitrogens is 4. The van der Waals surface area contributed by atoms with Gasteiger partial charge in [-0.3, -0.25) is 9.59 Å². The summed E-state index contributed by atoms with van der Waals surface area (Å²) >= 11 is 0. The number of nitrogens with zero attached hydrogens (tertiary/aromatic N) is 5. The SMILES string of the molecule is COC(=O)N[C@H](C(=O)N1[C@@H](c2ncc(-c3ccc(-c4ccc(-n5ccnc5[C@H]5C[C@H]6C[C@H]6N5C(=O)[C@@H](NC(=O)O)C(C)C)cc4)cc3)[nH]2)C[C@H]2C[C@H]21)C(C)C. The van der Waals surface area contributed by atoms with Crippen LogP contribution in [0.15, 0.2) is 67.1 Å². The van der Waals surface area contributed by atoms with E-state index in [0.29, 0.717) is 11.8 Å². The molecule has 8 rings (SSSR count). The van der Waals surface area contributed by atoms with Gasteiger partial charge in [0.2, 0.25) is 11.8 Å². The second kappa shape index (κ2) is 14.2. The molecule has 4 aromatic rings. The number of methoxy groups -OCH3 is 1. The number of carboxylic acid groups (broad SMARTS) is 1. The summed E-state index contributed by atoms with van der Waals surface area (Å²) < 4.78 is 6.81. The number of hydrogen-bond acceptors (Lipinski definition) is 7. The molecule has 4 heterocycles. The molecule has 0 radical (unpaired) electrons. The van der Waals surface area contributed by atoms with Gasteiger partial charge in [-0.25, -0.2) is 19.6 Å². The quantitative estimate of drug-likeness (QED) is 0.146. The van der Waals surface area contributed by atoms with Gasteiger partial charge in [-0.2, -0.15) is 0 Å². The van der Waals surface area contributed by atoms with Crippen LogP contribution in [0, 0.1) is 23.7 Å². The Bertz CT molecular complexity index is 2090. The lowest BCUT2D eigenvalue weighted by molar-refractivity contribution is -0.137. The number of ether oxygens (including phenoxy) is 1. The van der Waals surface area contributed by atoms with Gasteiger partial charge in [0, 0.05) is 30.2 Å². The maximum Gasteiger partial charge on any atom is 0.407 e. The van der Waals surface area contributed by atoms with Crippen LogP contribution >= 0.6 is 0 Å². The summed E-state index contributed by atoms with van der Waals surface area (Å²) in [5, 5.41) is 14.6. The Kier molecular flexibility index (Phi) is 9.38. The Morgan fingerprint density at radius 2 is 1.31 bits per heavy atom. The Hall–Kier alpha value is -5.66. The number of rotatable bonds is 11. The number of aromatic amines is 1. The van der Waals surface area contributed by atoms with Gasteiger partial charge in [-0.15, -0.1) is 0 Å². The van der Waals surface area contributed by atoms with Crippen molar-refractivity contribution in [3.05, 3.63) is 78.8 Å². The first kappa shape index (κ1) is 36.3. The smallest absolute Gasteiger partial charge is 0.407 e. The van der Waals surface area contributed by atoms with E-state index >= 15 is 0 Å². The van der Waals surface area contributed by atoms with E-state index < -0.39 is 24.3 Å². The van der Waals surface area contributed by atoms with Crippen molar-refractivity contribution in [1.29, 1.82) is 0 Å². The van der Waals surface area contributed by atoms with Gasteiger partial charge in [-0.1, -0.05) is 64.1 Å². The van der Waals surface area contributed by atoms with Crippen molar-refractivity contribution in [3.63, 3.8) is 0 Å². The summed E-state index contributed by atoms with van der Waals surface area (Å²) in [6.45, 7) is 7.54. The van der Waals surface area contributed by atoms with Gasteiger partial charge in [0.15, 0.2) is 0 Å². The zero-order valence-corrected chi connectivity index (χ0v) is 31.7. The van der Waals surface area contributed by atoms with E-state index in [1.165, 1.54) is 7.11 Å². The highest BCUT2D eigenvalue weighted by Gasteiger charge is 2.57. The van der Waals surface area contributed by atoms with Crippen LogP contribution in [0.3, 0.4) is 0 Å². The minimum atomic E-state index is -1.20. The summed E-state index contributed by atoms with van der Waals surface area (Å²) in [6, 6.07) is 14.8. The van der Waals surface area contributed by atoms with E-state index in [1.807, 2.05) is 66.6 Å². The van der Waals surface area contributed by atoms with Gasteiger partial charge < -0.3 is 39.8 Å². The van der Waals surface area contributed by atoms with Gasteiger partial charge in [0.05, 0.1) is 31.1 Å². The fourth-order valence-corrected chi connectivity index (χ4v) is 8.78. The van der Waals surface area contributed by atoms with E-state index in [1.54, 1.807) is 6.20 Å². The molecule has 2 saturated carbocycles. The summed E-state index contributed by atoms with van der Waals surface area (Å²) in [7, 11) is 1.30. The molecule has 2 saturated heterocycles.